The number of hydrogen-bond acceptors (Lipinski definition) is 5. The topological polar surface area (TPSA) is 81.5 Å². The molecule has 0 unspecified atom stereocenters. The molecule has 6 nitrogen and oxygen atoms in total. The van der Waals surface area contributed by atoms with Gasteiger partial charge in [0.15, 0.2) is 0 Å². The zero-order valence-electron chi connectivity index (χ0n) is 8.04. The molecule has 15 heavy (non-hydrogen) atoms. The van der Waals surface area contributed by atoms with Crippen molar-refractivity contribution in [1.29, 1.82) is 0 Å². The van der Waals surface area contributed by atoms with E-state index in [-0.39, 0.29) is 0 Å². The molecule has 0 saturated carbocycles. The number of carbonyl (C=O) groups excluding carboxylic acids is 1. The van der Waals surface area contributed by atoms with Gasteiger partial charge in [0.05, 0.1) is 0 Å². The average Bonchev–Trinajstić information content (AvgIpc) is 2.18. The van der Waals surface area contributed by atoms with Gasteiger partial charge in [-0.1, -0.05) is 18.2 Å². The molecule has 0 bridgehead atoms. The lowest BCUT2D eigenvalue weighted by Gasteiger charge is -2.11. The lowest BCUT2D eigenvalue weighted by Crippen LogP contribution is -2.29. The molecule has 0 fully saturated rings. The van der Waals surface area contributed by atoms with Gasteiger partial charge in [0.1, 0.15) is 6.04 Å². The van der Waals surface area contributed by atoms with Gasteiger partial charge >= 0.3 is 11.1 Å². The third-order valence-electron chi connectivity index (χ3n) is 1.68. The Morgan fingerprint density at radius 1 is 1.47 bits per heavy atom. The van der Waals surface area contributed by atoms with Crippen LogP contribution in [0.15, 0.2) is 30.3 Å². The molecule has 0 aliphatic rings. The molecule has 0 amide bonds. The summed E-state index contributed by atoms with van der Waals surface area (Å²) in [5.41, 5.74) is 0.699. The van der Waals surface area contributed by atoms with Gasteiger partial charge < -0.3 is 5.32 Å². The number of carbonyl (C=O) groups is 1. The van der Waals surface area contributed by atoms with Crippen molar-refractivity contribution in [3.63, 3.8) is 0 Å². The Hall–Kier alpha value is -2.11. The summed E-state index contributed by atoms with van der Waals surface area (Å²) in [4.78, 5) is 24.7. The van der Waals surface area contributed by atoms with Crippen LogP contribution in [0.3, 0.4) is 0 Å². The molecule has 1 N–H and O–H groups in total. The van der Waals surface area contributed by atoms with Gasteiger partial charge in [0.25, 0.3) is 0 Å². The van der Waals surface area contributed by atoms with Crippen molar-refractivity contribution in [2.24, 2.45) is 0 Å². The quantitative estimate of drug-likeness (QED) is 0.596. The molecule has 80 valence electrons. The molecule has 0 radical (unpaired) electrons. The smallest absolute Gasteiger partial charge is 0.325 e. The lowest BCUT2D eigenvalue weighted by atomic mass is 10.3. The predicted molar refractivity (Wildman–Crippen MR) is 52.6 cm³/mol. The molecule has 0 aliphatic heterocycles. The van der Waals surface area contributed by atoms with E-state index in [1.807, 2.05) is 6.07 Å². The molecule has 0 aliphatic carbocycles. The summed E-state index contributed by atoms with van der Waals surface area (Å²) < 4.78 is 0. The number of rotatable bonds is 4. The summed E-state index contributed by atoms with van der Waals surface area (Å²) in [6.45, 7) is 1.48. The Labute approximate surface area is 86.0 Å². The minimum Gasteiger partial charge on any atom is -0.374 e. The molecule has 6 heteroatoms. The van der Waals surface area contributed by atoms with E-state index in [0.29, 0.717) is 5.69 Å². The van der Waals surface area contributed by atoms with Crippen LogP contribution in [0.25, 0.3) is 0 Å². The largest absolute Gasteiger partial charge is 0.374 e. The first kappa shape index (κ1) is 11.0. The third kappa shape index (κ3) is 3.63. The maximum Gasteiger partial charge on any atom is 0.325 e. The van der Waals surface area contributed by atoms with Crippen LogP contribution in [-0.4, -0.2) is 17.1 Å². The fourth-order valence-corrected chi connectivity index (χ4v) is 0.996. The molecule has 1 aromatic rings. The summed E-state index contributed by atoms with van der Waals surface area (Å²) in [6.07, 6.45) is 0. The van der Waals surface area contributed by atoms with Crippen molar-refractivity contribution in [1.82, 2.24) is 0 Å². The number of nitrogens with zero attached hydrogens (tertiary/aromatic N) is 1. The number of hydrogen-bond donors (Lipinski definition) is 1. The van der Waals surface area contributed by atoms with E-state index in [1.54, 1.807) is 24.3 Å². The Morgan fingerprint density at radius 3 is 2.60 bits per heavy atom. The first-order valence-electron chi connectivity index (χ1n) is 4.27. The maximum absolute atomic E-state index is 11.0. The summed E-state index contributed by atoms with van der Waals surface area (Å²) in [6, 6.07) is 8.12. The average molecular weight is 210 g/mol. The molecule has 1 atom stereocenters. The monoisotopic (exact) mass is 210 g/mol. The van der Waals surface area contributed by atoms with Gasteiger partial charge in [-0.05, 0) is 19.1 Å². The molecular weight excluding hydrogens is 200 g/mol. The van der Waals surface area contributed by atoms with Gasteiger partial charge in [-0.25, -0.2) is 4.84 Å². The second-order valence-corrected chi connectivity index (χ2v) is 2.87. The fourth-order valence-electron chi connectivity index (χ4n) is 0.996. The van der Waals surface area contributed by atoms with E-state index in [4.69, 9.17) is 0 Å². The van der Waals surface area contributed by atoms with Crippen LogP contribution in [0.2, 0.25) is 0 Å². The molecule has 0 spiro atoms. The van der Waals surface area contributed by atoms with Crippen molar-refractivity contribution >= 4 is 11.7 Å². The molecule has 0 aromatic heterocycles. The van der Waals surface area contributed by atoms with Gasteiger partial charge in [-0.15, -0.1) is 10.1 Å². The minimum atomic E-state index is -1.12. The SMILES string of the molecule is C[C@H](Nc1ccccc1)C(=O)O[N+](=O)[O-]. The standard InChI is InChI=1S/C9H10N2O4/c1-7(9(12)15-11(13)14)10-8-5-3-2-4-6-8/h2-7,10H,1H3/t7-/m0/s1. The van der Waals surface area contributed by atoms with Crippen LogP contribution < -0.4 is 5.32 Å². The van der Waals surface area contributed by atoms with Crippen molar-refractivity contribution in [3.8, 4) is 0 Å². The number of nitrogens with one attached hydrogen (secondary N) is 1. The Bertz CT molecular complexity index is 352. The predicted octanol–water partition coefficient (Wildman–Crippen LogP) is 1.22. The van der Waals surface area contributed by atoms with Gasteiger partial charge in [0.2, 0.25) is 0 Å². The summed E-state index contributed by atoms with van der Waals surface area (Å²) in [7, 11) is 0. The summed E-state index contributed by atoms with van der Waals surface area (Å²) >= 11 is 0. The fraction of sp³-hybridized carbons (Fsp3) is 0.222. The number of anilines is 1. The second kappa shape index (κ2) is 4.94. The van der Waals surface area contributed by atoms with Crippen molar-refractivity contribution in [3.05, 3.63) is 40.4 Å². The number of benzene rings is 1. The van der Waals surface area contributed by atoms with Crippen molar-refractivity contribution in [2.45, 2.75) is 13.0 Å². The summed E-state index contributed by atoms with van der Waals surface area (Å²) in [5, 5.41) is 11.5. The van der Waals surface area contributed by atoms with E-state index in [0.717, 1.165) is 0 Å². The second-order valence-electron chi connectivity index (χ2n) is 2.87. The Balaban J connectivity index is 2.52. The highest BCUT2D eigenvalue weighted by Crippen LogP contribution is 2.07. The molecule has 0 heterocycles. The van der Waals surface area contributed by atoms with E-state index in [1.165, 1.54) is 6.92 Å². The van der Waals surface area contributed by atoms with Crippen molar-refractivity contribution in [2.75, 3.05) is 5.32 Å². The molecule has 0 saturated heterocycles. The van der Waals surface area contributed by atoms with E-state index in [2.05, 4.69) is 10.2 Å². The molecule has 1 aromatic carbocycles. The highest BCUT2D eigenvalue weighted by molar-refractivity contribution is 5.78. The highest BCUT2D eigenvalue weighted by Gasteiger charge is 2.16. The van der Waals surface area contributed by atoms with Crippen molar-refractivity contribution < 1.29 is 14.7 Å². The maximum atomic E-state index is 11.0. The van der Waals surface area contributed by atoms with E-state index in [9.17, 15) is 14.9 Å². The lowest BCUT2D eigenvalue weighted by molar-refractivity contribution is -0.729. The Morgan fingerprint density at radius 2 is 2.07 bits per heavy atom. The van der Waals surface area contributed by atoms with Crippen LogP contribution in [0.5, 0.6) is 0 Å². The minimum absolute atomic E-state index is 0.699. The Kier molecular flexibility index (Phi) is 3.61. The van der Waals surface area contributed by atoms with Gasteiger partial charge in [-0.3, -0.25) is 4.79 Å². The van der Waals surface area contributed by atoms with Crippen LogP contribution in [0.1, 0.15) is 6.92 Å². The highest BCUT2D eigenvalue weighted by atomic mass is 17.0. The van der Waals surface area contributed by atoms with E-state index >= 15 is 0 Å². The van der Waals surface area contributed by atoms with Gasteiger partial charge in [0, 0.05) is 5.69 Å². The van der Waals surface area contributed by atoms with Gasteiger partial charge in [-0.2, -0.15) is 0 Å². The molecular formula is C9H10N2O4. The molecule has 1 rings (SSSR count). The van der Waals surface area contributed by atoms with Crippen LogP contribution in [0, 0.1) is 10.1 Å². The van der Waals surface area contributed by atoms with E-state index < -0.39 is 17.1 Å². The van der Waals surface area contributed by atoms with Crippen LogP contribution in [-0.2, 0) is 9.63 Å². The van der Waals surface area contributed by atoms with Crippen LogP contribution in [0.4, 0.5) is 5.69 Å². The zero-order chi connectivity index (χ0) is 11.3. The van der Waals surface area contributed by atoms with Crippen LogP contribution >= 0.6 is 0 Å². The third-order valence-corrected chi connectivity index (χ3v) is 1.68. The first-order valence-corrected chi connectivity index (χ1v) is 4.27. The zero-order valence-corrected chi connectivity index (χ0v) is 8.04. The first-order chi connectivity index (χ1) is 7.09. The normalized spacial score (nSPS) is 11.5. The number of para-hydroxylation sites is 1. The summed E-state index contributed by atoms with van der Waals surface area (Å²) in [5.74, 6) is -0.927.